The first-order valence-corrected chi connectivity index (χ1v) is 6.59. The zero-order chi connectivity index (χ0) is 13.1. The molecule has 1 aromatic heterocycles. The molecule has 5 heteroatoms. The Bertz CT molecular complexity index is 553. The van der Waals surface area contributed by atoms with Crippen molar-refractivity contribution in [2.24, 2.45) is 0 Å². The van der Waals surface area contributed by atoms with Crippen LogP contribution in [0.2, 0.25) is 0 Å². The molecule has 0 amide bonds. The fourth-order valence-corrected chi connectivity index (χ4v) is 2.51. The number of anilines is 1. The van der Waals surface area contributed by atoms with Gasteiger partial charge in [0, 0.05) is 25.0 Å². The molecular formula is C14H18N4O. The minimum Gasteiger partial charge on any atom is -0.373 e. The summed E-state index contributed by atoms with van der Waals surface area (Å²) in [5.74, 6) is 1.01. The van der Waals surface area contributed by atoms with Crippen molar-refractivity contribution in [2.75, 3.05) is 38.2 Å². The standard InChI is InChI=1S/C14H18N4O/c1-15-8-11-9-18(6-7-19-11)14-12-4-2-3-5-13(12)16-10-17-14/h2-5,10-11,15H,6-9H2,1H3. The van der Waals surface area contributed by atoms with Crippen LogP contribution in [-0.2, 0) is 4.74 Å². The van der Waals surface area contributed by atoms with E-state index in [9.17, 15) is 0 Å². The van der Waals surface area contributed by atoms with E-state index in [1.807, 2.05) is 25.2 Å². The monoisotopic (exact) mass is 258 g/mol. The Morgan fingerprint density at radius 2 is 2.26 bits per heavy atom. The number of nitrogens with zero attached hydrogens (tertiary/aromatic N) is 3. The van der Waals surface area contributed by atoms with Crippen LogP contribution >= 0.6 is 0 Å². The van der Waals surface area contributed by atoms with Gasteiger partial charge in [0.15, 0.2) is 0 Å². The number of morpholine rings is 1. The maximum Gasteiger partial charge on any atom is 0.140 e. The number of para-hydroxylation sites is 1. The number of nitrogens with one attached hydrogen (secondary N) is 1. The zero-order valence-electron chi connectivity index (χ0n) is 11.0. The number of hydrogen-bond donors (Lipinski definition) is 1. The Balaban J connectivity index is 1.91. The first-order valence-electron chi connectivity index (χ1n) is 6.59. The first-order chi connectivity index (χ1) is 9.38. The van der Waals surface area contributed by atoms with Gasteiger partial charge in [-0.3, -0.25) is 0 Å². The van der Waals surface area contributed by atoms with Crippen molar-refractivity contribution < 1.29 is 4.74 Å². The van der Waals surface area contributed by atoms with Gasteiger partial charge in [-0.25, -0.2) is 9.97 Å². The highest BCUT2D eigenvalue weighted by atomic mass is 16.5. The molecule has 100 valence electrons. The Morgan fingerprint density at radius 1 is 1.37 bits per heavy atom. The van der Waals surface area contributed by atoms with Crippen LogP contribution in [0.3, 0.4) is 0 Å². The second-order valence-corrected chi connectivity index (χ2v) is 4.71. The Labute approximate surface area is 112 Å². The molecule has 1 atom stereocenters. The van der Waals surface area contributed by atoms with Gasteiger partial charge in [-0.15, -0.1) is 0 Å². The number of aromatic nitrogens is 2. The van der Waals surface area contributed by atoms with Gasteiger partial charge in [-0.05, 0) is 19.2 Å². The lowest BCUT2D eigenvalue weighted by atomic mass is 10.2. The average molecular weight is 258 g/mol. The van der Waals surface area contributed by atoms with Gasteiger partial charge in [0.1, 0.15) is 12.1 Å². The second-order valence-electron chi connectivity index (χ2n) is 4.71. The normalized spacial score (nSPS) is 19.8. The van der Waals surface area contributed by atoms with Gasteiger partial charge in [-0.2, -0.15) is 0 Å². The van der Waals surface area contributed by atoms with E-state index in [-0.39, 0.29) is 6.10 Å². The van der Waals surface area contributed by atoms with Crippen LogP contribution in [0.4, 0.5) is 5.82 Å². The molecule has 1 aliphatic heterocycles. The van der Waals surface area contributed by atoms with Crippen LogP contribution < -0.4 is 10.2 Å². The molecule has 1 N–H and O–H groups in total. The van der Waals surface area contributed by atoms with E-state index >= 15 is 0 Å². The lowest BCUT2D eigenvalue weighted by Gasteiger charge is -2.34. The summed E-state index contributed by atoms with van der Waals surface area (Å²) in [4.78, 5) is 11.1. The molecule has 0 radical (unpaired) electrons. The molecule has 0 aliphatic carbocycles. The minimum absolute atomic E-state index is 0.215. The van der Waals surface area contributed by atoms with Gasteiger partial charge < -0.3 is 15.0 Å². The summed E-state index contributed by atoms with van der Waals surface area (Å²) < 4.78 is 5.73. The summed E-state index contributed by atoms with van der Waals surface area (Å²) >= 11 is 0. The smallest absolute Gasteiger partial charge is 0.140 e. The quantitative estimate of drug-likeness (QED) is 0.892. The van der Waals surface area contributed by atoms with Crippen LogP contribution in [0, 0.1) is 0 Å². The van der Waals surface area contributed by atoms with E-state index in [1.165, 1.54) is 0 Å². The minimum atomic E-state index is 0.215. The fourth-order valence-electron chi connectivity index (χ4n) is 2.51. The number of ether oxygens (including phenoxy) is 1. The molecule has 1 fully saturated rings. The van der Waals surface area contributed by atoms with Crippen LogP contribution in [0.1, 0.15) is 0 Å². The molecule has 1 aliphatic rings. The van der Waals surface area contributed by atoms with Crippen molar-refractivity contribution in [1.82, 2.24) is 15.3 Å². The predicted octanol–water partition coefficient (Wildman–Crippen LogP) is 1.05. The molecular weight excluding hydrogens is 240 g/mol. The zero-order valence-corrected chi connectivity index (χ0v) is 11.0. The highest BCUT2D eigenvalue weighted by molar-refractivity contribution is 5.89. The van der Waals surface area contributed by atoms with Gasteiger partial charge in [0.2, 0.25) is 0 Å². The predicted molar refractivity (Wildman–Crippen MR) is 75.4 cm³/mol. The molecule has 19 heavy (non-hydrogen) atoms. The third kappa shape index (κ3) is 2.52. The summed E-state index contributed by atoms with van der Waals surface area (Å²) in [5.41, 5.74) is 0.990. The van der Waals surface area contributed by atoms with Crippen molar-refractivity contribution in [3.8, 4) is 0 Å². The molecule has 5 nitrogen and oxygen atoms in total. The molecule has 0 saturated carbocycles. The summed E-state index contributed by atoms with van der Waals surface area (Å²) in [6.45, 7) is 3.34. The van der Waals surface area contributed by atoms with E-state index in [0.717, 1.165) is 43.0 Å². The fraction of sp³-hybridized carbons (Fsp3) is 0.429. The Hall–Kier alpha value is -1.72. The summed E-state index contributed by atoms with van der Waals surface area (Å²) in [6, 6.07) is 8.13. The number of hydrogen-bond acceptors (Lipinski definition) is 5. The number of benzene rings is 1. The molecule has 1 unspecified atom stereocenters. The lowest BCUT2D eigenvalue weighted by Crippen LogP contribution is -2.46. The Morgan fingerprint density at radius 3 is 3.16 bits per heavy atom. The van der Waals surface area contributed by atoms with Crippen molar-refractivity contribution in [3.05, 3.63) is 30.6 Å². The largest absolute Gasteiger partial charge is 0.373 e. The van der Waals surface area contributed by atoms with E-state index in [2.05, 4.69) is 26.3 Å². The first kappa shape index (κ1) is 12.3. The topological polar surface area (TPSA) is 50.3 Å². The highest BCUT2D eigenvalue weighted by Gasteiger charge is 2.22. The van der Waals surface area contributed by atoms with Gasteiger partial charge in [-0.1, -0.05) is 12.1 Å². The Kier molecular flexibility index (Phi) is 3.57. The van der Waals surface area contributed by atoms with Gasteiger partial charge in [0.25, 0.3) is 0 Å². The molecule has 1 aromatic carbocycles. The summed E-state index contributed by atoms with van der Waals surface area (Å²) in [7, 11) is 1.95. The number of likely N-dealkylation sites (N-methyl/N-ethyl adjacent to an activating group) is 1. The third-order valence-electron chi connectivity index (χ3n) is 3.39. The summed E-state index contributed by atoms with van der Waals surface area (Å²) in [6.07, 6.45) is 1.85. The van der Waals surface area contributed by atoms with Crippen LogP contribution in [0.25, 0.3) is 10.9 Å². The van der Waals surface area contributed by atoms with Crippen LogP contribution in [-0.4, -0.2) is 49.4 Å². The molecule has 0 bridgehead atoms. The van der Waals surface area contributed by atoms with Crippen molar-refractivity contribution >= 4 is 16.7 Å². The lowest BCUT2D eigenvalue weighted by molar-refractivity contribution is 0.0420. The van der Waals surface area contributed by atoms with Crippen molar-refractivity contribution in [3.63, 3.8) is 0 Å². The SMILES string of the molecule is CNCC1CN(c2ncnc3ccccc23)CCO1. The molecule has 1 saturated heterocycles. The highest BCUT2D eigenvalue weighted by Crippen LogP contribution is 2.23. The van der Waals surface area contributed by atoms with Gasteiger partial charge in [0.05, 0.1) is 18.2 Å². The molecule has 3 rings (SSSR count). The third-order valence-corrected chi connectivity index (χ3v) is 3.39. The van der Waals surface area contributed by atoms with E-state index in [0.29, 0.717) is 0 Å². The van der Waals surface area contributed by atoms with Crippen LogP contribution in [0.15, 0.2) is 30.6 Å². The molecule has 2 heterocycles. The van der Waals surface area contributed by atoms with E-state index in [1.54, 1.807) is 6.33 Å². The summed E-state index contributed by atoms with van der Waals surface area (Å²) in [5, 5.41) is 4.27. The number of fused-ring (bicyclic) bond motifs is 1. The molecule has 2 aromatic rings. The maximum atomic E-state index is 5.73. The van der Waals surface area contributed by atoms with E-state index in [4.69, 9.17) is 4.74 Å². The second kappa shape index (κ2) is 5.50. The molecule has 0 spiro atoms. The van der Waals surface area contributed by atoms with Gasteiger partial charge >= 0.3 is 0 Å². The number of rotatable bonds is 3. The average Bonchev–Trinajstić information content (AvgIpc) is 2.47. The van der Waals surface area contributed by atoms with E-state index < -0.39 is 0 Å². The maximum absolute atomic E-state index is 5.73. The van der Waals surface area contributed by atoms with Crippen molar-refractivity contribution in [2.45, 2.75) is 6.10 Å². The van der Waals surface area contributed by atoms with Crippen molar-refractivity contribution in [1.29, 1.82) is 0 Å². The van der Waals surface area contributed by atoms with Crippen LogP contribution in [0.5, 0.6) is 0 Å².